The molecule has 1 unspecified atom stereocenters. The number of likely N-dealkylation sites (tertiary alicyclic amines) is 1. The smallest absolute Gasteiger partial charge is 0.150 e. The Hall–Kier alpha value is -1.73. The number of nitrogens with one attached hydrogen (secondary N) is 1. The van der Waals surface area contributed by atoms with Crippen molar-refractivity contribution in [3.8, 4) is 0 Å². The molecule has 0 saturated carbocycles. The molecule has 6 heteroatoms. The van der Waals surface area contributed by atoms with Crippen LogP contribution in [0.4, 0.5) is 0 Å². The van der Waals surface area contributed by atoms with Crippen LogP contribution in [0, 0.1) is 0 Å². The maximum absolute atomic E-state index is 11.8. The summed E-state index contributed by atoms with van der Waals surface area (Å²) in [7, 11) is 5.49. The molecule has 1 heterocycles. The molecule has 1 aliphatic rings. The van der Waals surface area contributed by atoms with Crippen molar-refractivity contribution < 1.29 is 14.6 Å². The highest BCUT2D eigenvalue weighted by Crippen LogP contribution is 2.29. The van der Waals surface area contributed by atoms with Gasteiger partial charge in [0.1, 0.15) is 12.5 Å². The number of aldehydes is 1. The number of rotatable bonds is 10. The average Bonchev–Trinajstić information content (AvgIpc) is 3.18. The summed E-state index contributed by atoms with van der Waals surface area (Å²) in [5.41, 5.74) is 2.17. The van der Waals surface area contributed by atoms with Crippen LogP contribution in [0.15, 0.2) is 30.0 Å². The van der Waals surface area contributed by atoms with Crippen molar-refractivity contribution >= 4 is 6.29 Å². The van der Waals surface area contributed by atoms with E-state index in [2.05, 4.69) is 10.2 Å². The lowest BCUT2D eigenvalue weighted by Gasteiger charge is -2.31. The van der Waals surface area contributed by atoms with Crippen molar-refractivity contribution in [2.75, 3.05) is 47.4 Å². The fourth-order valence-electron chi connectivity index (χ4n) is 3.91. The summed E-state index contributed by atoms with van der Waals surface area (Å²) >= 11 is 0. The van der Waals surface area contributed by atoms with Gasteiger partial charge in [-0.2, -0.15) is 0 Å². The number of hydrogen-bond acceptors (Lipinski definition) is 6. The Bertz CT molecular complexity index is 682. The number of carbonyl (C=O) groups excluding carboxylic acids is 1. The Kier molecular flexibility index (Phi) is 8.19. The zero-order chi connectivity index (χ0) is 20.7. The van der Waals surface area contributed by atoms with Crippen LogP contribution in [0.5, 0.6) is 0 Å². The normalized spacial score (nSPS) is 18.9. The predicted molar refractivity (Wildman–Crippen MR) is 112 cm³/mol. The molecule has 156 valence electrons. The van der Waals surface area contributed by atoms with Gasteiger partial charge in [0.05, 0.1) is 5.60 Å². The molecule has 0 aliphatic carbocycles. The minimum atomic E-state index is -1.00. The summed E-state index contributed by atoms with van der Waals surface area (Å²) in [6.07, 6.45) is 4.86. The van der Waals surface area contributed by atoms with Gasteiger partial charge < -0.3 is 20.1 Å². The number of allylic oxidation sites excluding steroid dienone is 1. The molecule has 2 atom stereocenters. The Balaban J connectivity index is 2.26. The van der Waals surface area contributed by atoms with Gasteiger partial charge in [-0.3, -0.25) is 9.69 Å². The Morgan fingerprint density at radius 2 is 2.11 bits per heavy atom. The quantitative estimate of drug-likeness (QED) is 0.474. The molecule has 1 saturated heterocycles. The molecule has 0 aromatic heterocycles. The first-order chi connectivity index (χ1) is 13.4. The van der Waals surface area contributed by atoms with E-state index in [1.807, 2.05) is 51.1 Å². The van der Waals surface area contributed by atoms with Gasteiger partial charge in [0.2, 0.25) is 0 Å². The highest BCUT2D eigenvalue weighted by molar-refractivity contribution is 5.78. The van der Waals surface area contributed by atoms with Crippen molar-refractivity contribution in [2.24, 2.45) is 0 Å². The van der Waals surface area contributed by atoms with Crippen LogP contribution in [-0.2, 0) is 10.3 Å². The average molecular weight is 390 g/mol. The number of β-amino-alcohol motifs (C(OH)–C–C–N with tert-alkyl or cyclic N) is 1. The zero-order valence-corrected chi connectivity index (χ0v) is 17.9. The van der Waals surface area contributed by atoms with E-state index in [0.29, 0.717) is 18.7 Å². The van der Waals surface area contributed by atoms with E-state index in [4.69, 9.17) is 4.74 Å². The number of benzene rings is 1. The van der Waals surface area contributed by atoms with Crippen LogP contribution in [0.2, 0.25) is 0 Å². The number of aliphatic hydroxyl groups is 1. The molecular weight excluding hydrogens is 354 g/mol. The molecule has 1 aromatic rings. The lowest BCUT2D eigenvalue weighted by Crippen LogP contribution is -2.37. The number of likely N-dealkylation sites (N-methyl/N-ethyl adjacent to an activating group) is 2. The summed E-state index contributed by atoms with van der Waals surface area (Å²) < 4.78 is 5.70. The summed E-state index contributed by atoms with van der Waals surface area (Å²) in [5.74, 6) is 0. The second kappa shape index (κ2) is 10.2. The minimum absolute atomic E-state index is 0.360. The fourth-order valence-corrected chi connectivity index (χ4v) is 3.91. The van der Waals surface area contributed by atoms with Crippen LogP contribution < -0.4 is 5.32 Å². The number of ether oxygens (including phenoxy) is 1. The molecule has 28 heavy (non-hydrogen) atoms. The van der Waals surface area contributed by atoms with Gasteiger partial charge in [-0.15, -0.1) is 0 Å². The van der Waals surface area contributed by atoms with Gasteiger partial charge in [0.15, 0.2) is 0 Å². The summed E-state index contributed by atoms with van der Waals surface area (Å²) in [4.78, 5) is 16.2. The third-order valence-corrected chi connectivity index (χ3v) is 5.54. The van der Waals surface area contributed by atoms with Crippen LogP contribution in [0.25, 0.3) is 0 Å². The maximum Gasteiger partial charge on any atom is 0.150 e. The molecular formula is C22H35N3O3. The van der Waals surface area contributed by atoms with Gasteiger partial charge in [-0.25, -0.2) is 0 Å². The monoisotopic (exact) mass is 389 g/mol. The van der Waals surface area contributed by atoms with Crippen molar-refractivity contribution in [3.63, 3.8) is 0 Å². The fraction of sp³-hybridized carbons (Fsp3) is 0.591. The van der Waals surface area contributed by atoms with E-state index < -0.39 is 5.60 Å². The lowest BCUT2D eigenvalue weighted by atomic mass is 9.91. The van der Waals surface area contributed by atoms with Crippen LogP contribution in [0.1, 0.15) is 54.4 Å². The molecule has 0 bridgehead atoms. The zero-order valence-electron chi connectivity index (χ0n) is 17.9. The first-order valence-electron chi connectivity index (χ1n) is 9.96. The van der Waals surface area contributed by atoms with E-state index in [-0.39, 0.29) is 6.23 Å². The van der Waals surface area contributed by atoms with Crippen molar-refractivity contribution in [1.29, 1.82) is 0 Å². The van der Waals surface area contributed by atoms with E-state index in [9.17, 15) is 9.90 Å². The van der Waals surface area contributed by atoms with Gasteiger partial charge in [-0.1, -0.05) is 18.2 Å². The Morgan fingerprint density at radius 1 is 1.43 bits per heavy atom. The van der Waals surface area contributed by atoms with Crippen molar-refractivity contribution in [2.45, 2.75) is 38.5 Å². The largest absolute Gasteiger partial charge is 0.391 e. The van der Waals surface area contributed by atoms with Crippen LogP contribution in [0.3, 0.4) is 0 Å². The van der Waals surface area contributed by atoms with Gasteiger partial charge in [0, 0.05) is 44.1 Å². The topological polar surface area (TPSA) is 65.0 Å². The third-order valence-electron chi connectivity index (χ3n) is 5.54. The van der Waals surface area contributed by atoms with Gasteiger partial charge >= 0.3 is 0 Å². The Labute approximate surface area is 169 Å². The molecule has 2 rings (SSSR count). The second-order valence-corrected chi connectivity index (χ2v) is 7.79. The molecule has 0 radical (unpaired) electrons. The number of carbonyl (C=O) groups is 1. The van der Waals surface area contributed by atoms with E-state index >= 15 is 0 Å². The summed E-state index contributed by atoms with van der Waals surface area (Å²) in [6, 6.07) is 5.61. The summed E-state index contributed by atoms with van der Waals surface area (Å²) in [5, 5.41) is 14.2. The SMILES string of the molecule is C/C=C(/CN(C)[C@H](OC)c1ccc(C(C)(O)CN2CCCC2)cc1C=O)NC. The maximum atomic E-state index is 11.8. The van der Waals surface area contributed by atoms with Crippen LogP contribution in [-0.4, -0.2) is 68.6 Å². The number of nitrogens with zero attached hydrogens (tertiary/aromatic N) is 2. The molecule has 0 amide bonds. The standard InChI is InChI=1S/C22H35N3O3/c1-6-19(23-3)14-24(4)21(28-5)20-10-9-18(13-17(20)15-26)22(2,27)16-25-11-7-8-12-25/h6,9-10,13,15,21,23,27H,7-8,11-12,14,16H2,1-5H3/b19-6-/t21-,22?/m1/s1. The Morgan fingerprint density at radius 3 is 2.64 bits per heavy atom. The second-order valence-electron chi connectivity index (χ2n) is 7.79. The van der Waals surface area contributed by atoms with Crippen molar-refractivity contribution in [3.05, 3.63) is 46.7 Å². The predicted octanol–water partition coefficient (Wildman–Crippen LogP) is 2.50. The third kappa shape index (κ3) is 5.41. The minimum Gasteiger partial charge on any atom is -0.391 e. The molecule has 1 aliphatic heterocycles. The number of methoxy groups -OCH3 is 1. The molecule has 1 aromatic carbocycles. The first kappa shape index (κ1) is 22.6. The highest BCUT2D eigenvalue weighted by Gasteiger charge is 2.29. The van der Waals surface area contributed by atoms with E-state index in [0.717, 1.165) is 36.2 Å². The number of hydrogen-bond donors (Lipinski definition) is 2. The molecule has 2 N–H and O–H groups in total. The van der Waals surface area contributed by atoms with Gasteiger partial charge in [-0.05, 0) is 58.5 Å². The molecule has 6 nitrogen and oxygen atoms in total. The molecule has 1 fully saturated rings. The lowest BCUT2D eigenvalue weighted by molar-refractivity contribution is -0.0162. The molecule has 0 spiro atoms. The van der Waals surface area contributed by atoms with Crippen LogP contribution >= 0.6 is 0 Å². The summed E-state index contributed by atoms with van der Waals surface area (Å²) in [6.45, 7) is 7.08. The van der Waals surface area contributed by atoms with Gasteiger partial charge in [0.25, 0.3) is 0 Å². The highest BCUT2D eigenvalue weighted by atomic mass is 16.5. The van der Waals surface area contributed by atoms with E-state index in [1.54, 1.807) is 13.2 Å². The van der Waals surface area contributed by atoms with E-state index in [1.165, 1.54) is 12.8 Å². The van der Waals surface area contributed by atoms with Crippen molar-refractivity contribution in [1.82, 2.24) is 15.1 Å². The first-order valence-corrected chi connectivity index (χ1v) is 9.96.